The highest BCUT2D eigenvalue weighted by molar-refractivity contribution is 5.70. The molecule has 16 heavy (non-hydrogen) atoms. The van der Waals surface area contributed by atoms with Crippen LogP contribution in [-0.4, -0.2) is 16.2 Å². The average Bonchev–Trinajstić information content (AvgIpc) is 2.98. The zero-order valence-electron chi connectivity index (χ0n) is 9.36. The summed E-state index contributed by atoms with van der Waals surface area (Å²) >= 11 is 0. The maximum absolute atomic E-state index is 10.8. The maximum Gasteiger partial charge on any atom is 0.304 e. The molecule has 0 spiro atoms. The van der Waals surface area contributed by atoms with Gasteiger partial charge >= 0.3 is 5.97 Å². The highest BCUT2D eigenvalue weighted by Crippen LogP contribution is 2.54. The molecule has 2 N–H and O–H groups in total. The summed E-state index contributed by atoms with van der Waals surface area (Å²) in [4.78, 5) is 10.8. The number of aliphatic carboxylic acids is 1. The molecule has 0 atom stereocenters. The van der Waals surface area contributed by atoms with Crippen LogP contribution < -0.4 is 0 Å². The number of carbonyl (C=O) groups is 1. The monoisotopic (exact) mass is 220 g/mol. The highest BCUT2D eigenvalue weighted by Gasteiger charge is 2.47. The van der Waals surface area contributed by atoms with Crippen LogP contribution >= 0.6 is 0 Å². The molecule has 0 heterocycles. The van der Waals surface area contributed by atoms with Crippen molar-refractivity contribution >= 4 is 5.97 Å². The lowest BCUT2D eigenvalue weighted by molar-refractivity contribution is -0.137. The van der Waals surface area contributed by atoms with Crippen LogP contribution in [0.4, 0.5) is 0 Å². The standard InChI is InChI=1S/C13H16O3/c1-2-9-4-3-5-10(12(9)16)13(6-7-13)8-11(14)15/h3-5,16H,2,6-8H2,1H3,(H,14,15). The van der Waals surface area contributed by atoms with Crippen LogP contribution in [-0.2, 0) is 16.6 Å². The van der Waals surface area contributed by atoms with Crippen molar-refractivity contribution in [2.75, 3.05) is 0 Å². The summed E-state index contributed by atoms with van der Waals surface area (Å²) in [6.07, 6.45) is 2.61. The number of hydrogen-bond acceptors (Lipinski definition) is 2. The van der Waals surface area contributed by atoms with Crippen molar-refractivity contribution in [3.63, 3.8) is 0 Å². The summed E-state index contributed by atoms with van der Waals surface area (Å²) in [7, 11) is 0. The predicted octanol–water partition coefficient (Wildman–Crippen LogP) is 2.46. The van der Waals surface area contributed by atoms with Crippen molar-refractivity contribution in [3.8, 4) is 5.75 Å². The number of rotatable bonds is 4. The molecule has 2 rings (SSSR count). The Morgan fingerprint density at radius 3 is 2.62 bits per heavy atom. The van der Waals surface area contributed by atoms with Crippen LogP contribution in [0.5, 0.6) is 5.75 Å². The van der Waals surface area contributed by atoms with Gasteiger partial charge in [0.2, 0.25) is 0 Å². The van der Waals surface area contributed by atoms with Crippen LogP contribution in [0.1, 0.15) is 37.3 Å². The quantitative estimate of drug-likeness (QED) is 0.819. The summed E-state index contributed by atoms with van der Waals surface area (Å²) < 4.78 is 0. The van der Waals surface area contributed by atoms with Gasteiger partial charge in [0.15, 0.2) is 0 Å². The van der Waals surface area contributed by atoms with Gasteiger partial charge in [-0.1, -0.05) is 25.1 Å². The van der Waals surface area contributed by atoms with Gasteiger partial charge in [0.05, 0.1) is 6.42 Å². The molecule has 1 saturated carbocycles. The Hall–Kier alpha value is -1.51. The number of aromatic hydroxyl groups is 1. The molecule has 0 unspecified atom stereocenters. The maximum atomic E-state index is 10.8. The molecule has 0 bridgehead atoms. The van der Waals surface area contributed by atoms with Gasteiger partial charge in [-0.05, 0) is 24.8 Å². The van der Waals surface area contributed by atoms with E-state index >= 15 is 0 Å². The third-order valence-corrected chi connectivity index (χ3v) is 3.42. The Morgan fingerprint density at radius 2 is 2.12 bits per heavy atom. The zero-order valence-corrected chi connectivity index (χ0v) is 9.36. The second-order valence-corrected chi connectivity index (χ2v) is 4.52. The third-order valence-electron chi connectivity index (χ3n) is 3.42. The molecule has 3 heteroatoms. The predicted molar refractivity (Wildman–Crippen MR) is 60.6 cm³/mol. The summed E-state index contributed by atoms with van der Waals surface area (Å²) in [6.45, 7) is 1.98. The van der Waals surface area contributed by atoms with Crippen LogP contribution in [0.3, 0.4) is 0 Å². The molecule has 1 aromatic rings. The van der Waals surface area contributed by atoms with Crippen molar-refractivity contribution in [1.29, 1.82) is 0 Å². The molecule has 0 aliphatic heterocycles. The van der Waals surface area contributed by atoms with Gasteiger partial charge in [-0.25, -0.2) is 0 Å². The lowest BCUT2D eigenvalue weighted by Crippen LogP contribution is -2.13. The Balaban J connectivity index is 2.37. The highest BCUT2D eigenvalue weighted by atomic mass is 16.4. The van der Waals surface area contributed by atoms with Crippen molar-refractivity contribution in [1.82, 2.24) is 0 Å². The fraction of sp³-hybridized carbons (Fsp3) is 0.462. The fourth-order valence-corrected chi connectivity index (χ4v) is 2.29. The van der Waals surface area contributed by atoms with Gasteiger partial charge in [-0.15, -0.1) is 0 Å². The van der Waals surface area contributed by atoms with Gasteiger partial charge in [0, 0.05) is 11.0 Å². The second-order valence-electron chi connectivity index (χ2n) is 4.52. The van der Waals surface area contributed by atoms with E-state index in [1.165, 1.54) is 0 Å². The van der Waals surface area contributed by atoms with Crippen LogP contribution in [0.25, 0.3) is 0 Å². The Morgan fingerprint density at radius 1 is 1.44 bits per heavy atom. The molecule has 1 aromatic carbocycles. The topological polar surface area (TPSA) is 57.5 Å². The zero-order chi connectivity index (χ0) is 11.8. The summed E-state index contributed by atoms with van der Waals surface area (Å²) in [5.74, 6) is -0.498. The minimum absolute atomic E-state index is 0.119. The first kappa shape index (κ1) is 11.0. The largest absolute Gasteiger partial charge is 0.507 e. The van der Waals surface area contributed by atoms with E-state index in [0.717, 1.165) is 30.4 Å². The third kappa shape index (κ3) is 1.77. The molecule has 86 valence electrons. The van der Waals surface area contributed by atoms with E-state index in [4.69, 9.17) is 5.11 Å². The van der Waals surface area contributed by atoms with Gasteiger partial charge < -0.3 is 10.2 Å². The SMILES string of the molecule is CCc1cccc(C2(CC(=O)O)CC2)c1O. The first-order valence-electron chi connectivity index (χ1n) is 5.62. The Kier molecular flexibility index (Phi) is 2.62. The molecule has 1 aliphatic carbocycles. The molecule has 1 fully saturated rings. The smallest absolute Gasteiger partial charge is 0.304 e. The van der Waals surface area contributed by atoms with Crippen LogP contribution in [0, 0.1) is 0 Å². The number of hydrogen-bond donors (Lipinski definition) is 2. The van der Waals surface area contributed by atoms with Crippen LogP contribution in [0.15, 0.2) is 18.2 Å². The summed E-state index contributed by atoms with van der Waals surface area (Å²) in [5, 5.41) is 19.0. The van der Waals surface area contributed by atoms with Crippen molar-refractivity contribution in [2.24, 2.45) is 0 Å². The summed E-state index contributed by atoms with van der Waals surface area (Å²) in [6, 6.07) is 5.63. The minimum atomic E-state index is -0.793. The summed E-state index contributed by atoms with van der Waals surface area (Å²) in [5.41, 5.74) is 1.41. The minimum Gasteiger partial charge on any atom is -0.507 e. The lowest BCUT2D eigenvalue weighted by Gasteiger charge is -2.16. The molecule has 1 aliphatic rings. The molecule has 3 nitrogen and oxygen atoms in total. The van der Waals surface area contributed by atoms with E-state index in [0.29, 0.717) is 5.75 Å². The number of carboxylic acids is 1. The number of carboxylic acid groups (broad SMARTS) is 1. The average molecular weight is 220 g/mol. The number of phenols is 1. The molecule has 0 amide bonds. The van der Waals surface area contributed by atoms with E-state index < -0.39 is 5.97 Å². The molecular weight excluding hydrogens is 204 g/mol. The lowest BCUT2D eigenvalue weighted by atomic mass is 9.89. The van der Waals surface area contributed by atoms with Gasteiger partial charge in [0.1, 0.15) is 5.75 Å². The number of aryl methyl sites for hydroxylation is 1. The first-order valence-corrected chi connectivity index (χ1v) is 5.62. The van der Waals surface area contributed by atoms with Crippen molar-refractivity contribution in [2.45, 2.75) is 38.0 Å². The van der Waals surface area contributed by atoms with E-state index in [2.05, 4.69) is 0 Å². The van der Waals surface area contributed by atoms with Gasteiger partial charge in [0.25, 0.3) is 0 Å². The fourth-order valence-electron chi connectivity index (χ4n) is 2.29. The van der Waals surface area contributed by atoms with Crippen LogP contribution in [0.2, 0.25) is 0 Å². The van der Waals surface area contributed by atoms with E-state index in [-0.39, 0.29) is 11.8 Å². The van der Waals surface area contributed by atoms with E-state index in [9.17, 15) is 9.90 Å². The Labute approximate surface area is 94.7 Å². The molecular formula is C13H16O3. The number of phenolic OH excluding ortho intramolecular Hbond substituents is 1. The van der Waals surface area contributed by atoms with Gasteiger partial charge in [-0.3, -0.25) is 4.79 Å². The Bertz CT molecular complexity index is 419. The van der Waals surface area contributed by atoms with E-state index in [1.54, 1.807) is 0 Å². The van der Waals surface area contributed by atoms with Crippen molar-refractivity contribution < 1.29 is 15.0 Å². The molecule has 0 radical (unpaired) electrons. The number of benzene rings is 1. The van der Waals surface area contributed by atoms with E-state index in [1.807, 2.05) is 25.1 Å². The van der Waals surface area contributed by atoms with Crippen molar-refractivity contribution in [3.05, 3.63) is 29.3 Å². The molecule has 0 saturated heterocycles. The first-order chi connectivity index (χ1) is 7.59. The van der Waals surface area contributed by atoms with Gasteiger partial charge in [-0.2, -0.15) is 0 Å². The second kappa shape index (κ2) is 3.81. The molecule has 0 aromatic heterocycles. The normalized spacial score (nSPS) is 17.1. The number of para-hydroxylation sites is 1.